The van der Waals surface area contributed by atoms with Gasteiger partial charge in [-0.2, -0.15) is 0 Å². The summed E-state index contributed by atoms with van der Waals surface area (Å²) in [6.07, 6.45) is 0.713. The lowest BCUT2D eigenvalue weighted by Crippen LogP contribution is -2.00. The Bertz CT molecular complexity index is 443. The second-order valence-corrected chi connectivity index (χ2v) is 6.13. The van der Waals surface area contributed by atoms with Crippen LogP contribution in [0.2, 0.25) is 0 Å². The monoisotopic (exact) mass is 284 g/mol. The van der Waals surface area contributed by atoms with Crippen molar-refractivity contribution in [1.29, 1.82) is 0 Å². The number of hydrogen-bond donors (Lipinski definition) is 0. The van der Waals surface area contributed by atoms with Gasteiger partial charge in [0.2, 0.25) is 0 Å². The topological polar surface area (TPSA) is 52.6 Å². The fourth-order valence-electron chi connectivity index (χ4n) is 1.75. The van der Waals surface area contributed by atoms with Gasteiger partial charge < -0.3 is 9.05 Å². The zero-order chi connectivity index (χ0) is 14.3. The van der Waals surface area contributed by atoms with Crippen molar-refractivity contribution in [2.24, 2.45) is 0 Å². The summed E-state index contributed by atoms with van der Waals surface area (Å²) >= 11 is 0. The Hall–Kier alpha value is -0.960. The molecule has 0 atom stereocenters. The lowest BCUT2D eigenvalue weighted by molar-refractivity contribution is 0.0988. The molecule has 0 fully saturated rings. The largest absolute Gasteiger partial charge is 0.335 e. The second kappa shape index (κ2) is 7.59. The van der Waals surface area contributed by atoms with Crippen molar-refractivity contribution in [3.8, 4) is 0 Å². The maximum atomic E-state index is 12.3. The molecule has 0 saturated heterocycles. The molecule has 0 bridgehead atoms. The third-order valence-electron chi connectivity index (χ3n) is 2.62. The van der Waals surface area contributed by atoms with Gasteiger partial charge in [-0.25, -0.2) is 0 Å². The van der Waals surface area contributed by atoms with Crippen LogP contribution >= 0.6 is 7.60 Å². The molecule has 5 heteroatoms. The highest BCUT2D eigenvalue weighted by atomic mass is 31.2. The summed E-state index contributed by atoms with van der Waals surface area (Å²) in [5.41, 5.74) is 1.52. The molecule has 0 unspecified atom stereocenters. The average molecular weight is 284 g/mol. The van der Waals surface area contributed by atoms with Crippen LogP contribution in [0.1, 0.15) is 43.1 Å². The van der Waals surface area contributed by atoms with E-state index >= 15 is 0 Å². The van der Waals surface area contributed by atoms with Crippen molar-refractivity contribution in [2.45, 2.75) is 33.4 Å². The summed E-state index contributed by atoms with van der Waals surface area (Å²) in [6, 6.07) is 7.11. The molecule has 0 aliphatic rings. The molecule has 0 aliphatic heterocycles. The Kier molecular flexibility index (Phi) is 6.43. The normalized spacial score (nSPS) is 11.5. The van der Waals surface area contributed by atoms with E-state index in [0.717, 1.165) is 5.56 Å². The quantitative estimate of drug-likeness (QED) is 0.534. The fourth-order valence-corrected chi connectivity index (χ4v) is 3.45. The summed E-state index contributed by atoms with van der Waals surface area (Å²) in [6.45, 7) is 6.10. The first-order valence-corrected chi connectivity index (χ1v) is 8.27. The van der Waals surface area contributed by atoms with E-state index in [4.69, 9.17) is 9.05 Å². The first kappa shape index (κ1) is 16.1. The van der Waals surface area contributed by atoms with Crippen LogP contribution in [0.3, 0.4) is 0 Å². The van der Waals surface area contributed by atoms with Crippen LogP contribution in [0.4, 0.5) is 0 Å². The van der Waals surface area contributed by atoms with E-state index in [1.54, 1.807) is 38.1 Å². The molecule has 0 amide bonds. The molecule has 19 heavy (non-hydrogen) atoms. The smallest absolute Gasteiger partial charge is 0.309 e. The highest BCUT2D eigenvalue weighted by Gasteiger charge is 2.23. The zero-order valence-corrected chi connectivity index (χ0v) is 12.6. The number of carbonyl (C=O) groups is 1. The minimum atomic E-state index is -3.07. The summed E-state index contributed by atoms with van der Waals surface area (Å²) in [4.78, 5) is 11.5. The molecular weight excluding hydrogens is 263 g/mol. The minimum Gasteiger partial charge on any atom is -0.309 e. The van der Waals surface area contributed by atoms with Crippen LogP contribution in [-0.4, -0.2) is 19.0 Å². The second-order valence-electron chi connectivity index (χ2n) is 4.08. The predicted molar refractivity (Wildman–Crippen MR) is 75.6 cm³/mol. The predicted octanol–water partition coefficient (Wildman–Crippen LogP) is 4.05. The first-order chi connectivity index (χ1) is 9.04. The summed E-state index contributed by atoms with van der Waals surface area (Å²) in [5, 5.41) is 0. The molecule has 0 heterocycles. The first-order valence-electron chi connectivity index (χ1n) is 6.55. The van der Waals surface area contributed by atoms with Gasteiger partial charge in [0.15, 0.2) is 5.78 Å². The SMILES string of the molecule is CCOP(=O)(Cc1ccc(C(=O)CC)cc1)OCC. The molecule has 1 aromatic rings. The van der Waals surface area contributed by atoms with Crippen LogP contribution in [-0.2, 0) is 19.8 Å². The third-order valence-corrected chi connectivity index (χ3v) is 4.68. The van der Waals surface area contributed by atoms with Gasteiger partial charge in [0, 0.05) is 12.0 Å². The molecule has 0 aromatic heterocycles. The molecule has 0 N–H and O–H groups in total. The Morgan fingerprint density at radius 3 is 2.00 bits per heavy atom. The van der Waals surface area contributed by atoms with Crippen molar-refractivity contribution in [2.75, 3.05) is 13.2 Å². The molecule has 0 spiro atoms. The summed E-state index contributed by atoms with van der Waals surface area (Å²) in [7, 11) is -3.07. The maximum absolute atomic E-state index is 12.3. The van der Waals surface area contributed by atoms with E-state index in [1.807, 2.05) is 6.92 Å². The number of ketones is 1. The highest BCUT2D eigenvalue weighted by Crippen LogP contribution is 2.51. The Morgan fingerprint density at radius 1 is 1.05 bits per heavy atom. The van der Waals surface area contributed by atoms with Crippen LogP contribution < -0.4 is 0 Å². The van der Waals surface area contributed by atoms with Gasteiger partial charge in [-0.05, 0) is 19.4 Å². The maximum Gasteiger partial charge on any atom is 0.335 e. The van der Waals surface area contributed by atoms with Crippen LogP contribution in [0.5, 0.6) is 0 Å². The molecular formula is C14H21O4P. The van der Waals surface area contributed by atoms with E-state index < -0.39 is 7.60 Å². The van der Waals surface area contributed by atoms with Crippen LogP contribution in [0, 0.1) is 0 Å². The molecule has 1 aromatic carbocycles. The number of carbonyl (C=O) groups excluding carboxylic acids is 1. The van der Waals surface area contributed by atoms with Crippen molar-refractivity contribution >= 4 is 13.4 Å². The summed E-state index contributed by atoms with van der Waals surface area (Å²) < 4.78 is 22.8. The summed E-state index contributed by atoms with van der Waals surface area (Å²) in [5.74, 6) is 0.101. The Balaban J connectivity index is 2.80. The molecule has 4 nitrogen and oxygen atoms in total. The van der Waals surface area contributed by atoms with E-state index in [0.29, 0.717) is 25.2 Å². The molecule has 1 rings (SSSR count). The highest BCUT2D eigenvalue weighted by molar-refractivity contribution is 7.53. The lowest BCUT2D eigenvalue weighted by atomic mass is 10.1. The van der Waals surface area contributed by atoms with E-state index in [-0.39, 0.29) is 11.9 Å². The number of Topliss-reactive ketones (excluding diaryl/α,β-unsaturated/α-hetero) is 1. The number of rotatable bonds is 8. The Labute approximate surface area is 114 Å². The van der Waals surface area contributed by atoms with Crippen LogP contribution in [0.25, 0.3) is 0 Å². The number of hydrogen-bond acceptors (Lipinski definition) is 4. The van der Waals surface area contributed by atoms with E-state index in [2.05, 4.69) is 0 Å². The van der Waals surface area contributed by atoms with E-state index in [1.165, 1.54) is 0 Å². The van der Waals surface area contributed by atoms with Crippen LogP contribution in [0.15, 0.2) is 24.3 Å². The van der Waals surface area contributed by atoms with Crippen molar-refractivity contribution in [3.63, 3.8) is 0 Å². The molecule has 106 valence electrons. The van der Waals surface area contributed by atoms with Gasteiger partial charge >= 0.3 is 7.60 Å². The lowest BCUT2D eigenvalue weighted by Gasteiger charge is -2.17. The van der Waals surface area contributed by atoms with Gasteiger partial charge in [-0.3, -0.25) is 9.36 Å². The third kappa shape index (κ3) is 4.90. The van der Waals surface area contributed by atoms with Gasteiger partial charge in [0.25, 0.3) is 0 Å². The van der Waals surface area contributed by atoms with Gasteiger partial charge in [0.1, 0.15) is 0 Å². The molecule has 0 saturated carbocycles. The minimum absolute atomic E-state index is 0.101. The van der Waals surface area contributed by atoms with Gasteiger partial charge in [0.05, 0.1) is 19.4 Å². The van der Waals surface area contributed by atoms with Gasteiger partial charge in [-0.15, -0.1) is 0 Å². The molecule has 0 aliphatic carbocycles. The zero-order valence-electron chi connectivity index (χ0n) is 11.7. The van der Waals surface area contributed by atoms with E-state index in [9.17, 15) is 9.36 Å². The van der Waals surface area contributed by atoms with Crippen molar-refractivity contribution in [1.82, 2.24) is 0 Å². The standard InChI is InChI=1S/C14H21O4P/c1-4-14(15)13-9-7-12(8-10-13)11-19(16,17-5-2)18-6-3/h7-10H,4-6,11H2,1-3H3. The van der Waals surface area contributed by atoms with Crippen molar-refractivity contribution in [3.05, 3.63) is 35.4 Å². The Morgan fingerprint density at radius 2 is 1.58 bits per heavy atom. The average Bonchev–Trinajstić information content (AvgIpc) is 2.39. The number of benzene rings is 1. The van der Waals surface area contributed by atoms with Crippen molar-refractivity contribution < 1.29 is 18.4 Å². The fraction of sp³-hybridized carbons (Fsp3) is 0.500. The van der Waals surface area contributed by atoms with Gasteiger partial charge in [-0.1, -0.05) is 31.2 Å². The molecule has 0 radical (unpaired) electrons.